The van der Waals surface area contributed by atoms with Gasteiger partial charge in [0.05, 0.1) is 0 Å². The topological polar surface area (TPSA) is 0 Å². The van der Waals surface area contributed by atoms with E-state index in [9.17, 15) is 0 Å². The van der Waals surface area contributed by atoms with Crippen LogP contribution in [0.5, 0.6) is 0 Å². The molecule has 0 N–H and O–H groups in total. The summed E-state index contributed by atoms with van der Waals surface area (Å²) >= 11 is 1.94. The number of hydrogen-bond acceptors (Lipinski definition) is 1. The van der Waals surface area contributed by atoms with E-state index >= 15 is 0 Å². The number of aryl methyl sites for hydroxylation is 1. The largest absolute Gasteiger partial charge is 0.149 e. The third-order valence-electron chi connectivity index (χ3n) is 2.75. The van der Waals surface area contributed by atoms with Gasteiger partial charge in [-0.3, -0.25) is 0 Å². The van der Waals surface area contributed by atoms with E-state index in [1.54, 1.807) is 4.88 Å². The van der Waals surface area contributed by atoms with Gasteiger partial charge in [-0.05, 0) is 36.3 Å². The highest BCUT2D eigenvalue weighted by Crippen LogP contribution is 2.29. The molecule has 1 aliphatic carbocycles. The first-order valence-corrected chi connectivity index (χ1v) is 5.76. The maximum absolute atomic E-state index is 2.35. The van der Waals surface area contributed by atoms with Crippen LogP contribution in [-0.2, 0) is 6.42 Å². The third kappa shape index (κ3) is 1.89. The van der Waals surface area contributed by atoms with Crippen LogP contribution in [0, 0.1) is 12.8 Å². The predicted octanol–water partition coefficient (Wildman–Crippen LogP) is 3.79. The van der Waals surface area contributed by atoms with Crippen LogP contribution >= 0.6 is 11.3 Å². The first kappa shape index (κ1) is 8.31. The van der Waals surface area contributed by atoms with E-state index in [2.05, 4.69) is 18.4 Å². The molecule has 0 atom stereocenters. The lowest BCUT2D eigenvalue weighted by Gasteiger charge is -2.05. The van der Waals surface area contributed by atoms with Crippen molar-refractivity contribution < 1.29 is 0 Å². The van der Waals surface area contributed by atoms with Gasteiger partial charge >= 0.3 is 0 Å². The first-order chi connectivity index (χ1) is 5.84. The second-order valence-corrected chi connectivity index (χ2v) is 4.94. The summed E-state index contributed by atoms with van der Waals surface area (Å²) in [6.45, 7) is 2.19. The molecule has 1 heteroatoms. The molecule has 0 bridgehead atoms. The van der Waals surface area contributed by atoms with E-state index in [0.717, 1.165) is 5.92 Å². The van der Waals surface area contributed by atoms with Crippen LogP contribution in [0.25, 0.3) is 0 Å². The van der Waals surface area contributed by atoms with Crippen LogP contribution in [0.2, 0.25) is 0 Å². The average Bonchev–Trinajstić information content (AvgIpc) is 2.63. The standard InChI is InChI=1S/C11H16S/c1-9-6-11(12-8-9)7-10-4-2-3-5-10/h6,8,10H,2-5,7H2,1H3. The number of hydrogen-bond donors (Lipinski definition) is 0. The van der Waals surface area contributed by atoms with E-state index < -0.39 is 0 Å². The molecule has 1 aromatic rings. The molecular weight excluding hydrogens is 164 g/mol. The number of rotatable bonds is 2. The normalized spacial score (nSPS) is 18.8. The molecule has 1 aliphatic rings. The van der Waals surface area contributed by atoms with Crippen LogP contribution in [-0.4, -0.2) is 0 Å². The van der Waals surface area contributed by atoms with E-state index in [0.29, 0.717) is 0 Å². The molecule has 0 amide bonds. The second-order valence-electron chi connectivity index (χ2n) is 3.94. The molecule has 1 saturated carbocycles. The van der Waals surface area contributed by atoms with Crippen molar-refractivity contribution in [3.63, 3.8) is 0 Å². The minimum absolute atomic E-state index is 1.00. The van der Waals surface area contributed by atoms with E-state index in [1.807, 2.05) is 11.3 Å². The van der Waals surface area contributed by atoms with Crippen LogP contribution in [0.3, 0.4) is 0 Å². The molecule has 0 aromatic carbocycles. The van der Waals surface area contributed by atoms with Gasteiger partial charge in [-0.15, -0.1) is 11.3 Å². The SMILES string of the molecule is Cc1csc(CC2CCCC2)c1. The Morgan fingerprint density at radius 1 is 1.42 bits per heavy atom. The van der Waals surface area contributed by atoms with Crippen molar-refractivity contribution in [2.75, 3.05) is 0 Å². The minimum atomic E-state index is 1.00. The molecule has 1 fully saturated rings. The maximum atomic E-state index is 2.35. The van der Waals surface area contributed by atoms with Gasteiger partial charge in [-0.25, -0.2) is 0 Å². The Labute approximate surface area is 78.6 Å². The molecule has 1 aromatic heterocycles. The van der Waals surface area contributed by atoms with Crippen LogP contribution in [0.15, 0.2) is 11.4 Å². The van der Waals surface area contributed by atoms with Crippen molar-refractivity contribution in [2.45, 2.75) is 39.0 Å². The Hall–Kier alpha value is -0.300. The molecule has 66 valence electrons. The van der Waals surface area contributed by atoms with Crippen molar-refractivity contribution in [3.8, 4) is 0 Å². The van der Waals surface area contributed by atoms with Gasteiger partial charge in [-0.1, -0.05) is 25.7 Å². The molecule has 2 rings (SSSR count). The predicted molar refractivity (Wildman–Crippen MR) is 54.7 cm³/mol. The Morgan fingerprint density at radius 3 is 2.75 bits per heavy atom. The highest BCUT2D eigenvalue weighted by atomic mass is 32.1. The molecular formula is C11H16S. The fourth-order valence-corrected chi connectivity index (χ4v) is 3.09. The number of thiophene rings is 1. The lowest BCUT2D eigenvalue weighted by molar-refractivity contribution is 0.551. The monoisotopic (exact) mass is 180 g/mol. The molecule has 1 heterocycles. The van der Waals surface area contributed by atoms with Crippen LogP contribution < -0.4 is 0 Å². The van der Waals surface area contributed by atoms with Crippen molar-refractivity contribution in [1.29, 1.82) is 0 Å². The summed E-state index contributed by atoms with van der Waals surface area (Å²) in [6, 6.07) is 2.35. The van der Waals surface area contributed by atoms with Gasteiger partial charge < -0.3 is 0 Å². The van der Waals surface area contributed by atoms with E-state index in [-0.39, 0.29) is 0 Å². The zero-order valence-corrected chi connectivity index (χ0v) is 8.49. The van der Waals surface area contributed by atoms with E-state index in [4.69, 9.17) is 0 Å². The lowest BCUT2D eigenvalue weighted by atomic mass is 10.0. The summed E-state index contributed by atoms with van der Waals surface area (Å²) in [5.41, 5.74) is 1.44. The van der Waals surface area contributed by atoms with Gasteiger partial charge in [0.25, 0.3) is 0 Å². The fraction of sp³-hybridized carbons (Fsp3) is 0.636. The van der Waals surface area contributed by atoms with Crippen molar-refractivity contribution in [1.82, 2.24) is 0 Å². The highest BCUT2D eigenvalue weighted by molar-refractivity contribution is 7.10. The van der Waals surface area contributed by atoms with Crippen molar-refractivity contribution >= 4 is 11.3 Å². The summed E-state index contributed by atoms with van der Waals surface area (Å²) in [4.78, 5) is 1.60. The zero-order chi connectivity index (χ0) is 8.39. The zero-order valence-electron chi connectivity index (χ0n) is 7.68. The first-order valence-electron chi connectivity index (χ1n) is 4.88. The molecule has 12 heavy (non-hydrogen) atoms. The van der Waals surface area contributed by atoms with Gasteiger partial charge in [0.15, 0.2) is 0 Å². The third-order valence-corrected chi connectivity index (χ3v) is 3.83. The summed E-state index contributed by atoms with van der Waals surface area (Å²) in [5.74, 6) is 1.00. The van der Waals surface area contributed by atoms with Crippen molar-refractivity contribution in [3.05, 3.63) is 21.9 Å². The summed E-state index contributed by atoms with van der Waals surface area (Å²) in [5, 5.41) is 2.27. The van der Waals surface area contributed by atoms with Gasteiger partial charge in [0.2, 0.25) is 0 Å². The molecule has 0 nitrogen and oxygen atoms in total. The quantitative estimate of drug-likeness (QED) is 0.649. The molecule has 0 aliphatic heterocycles. The van der Waals surface area contributed by atoms with Gasteiger partial charge in [-0.2, -0.15) is 0 Å². The maximum Gasteiger partial charge on any atom is 0.00507 e. The summed E-state index contributed by atoms with van der Waals surface area (Å²) < 4.78 is 0. The summed E-state index contributed by atoms with van der Waals surface area (Å²) in [6.07, 6.45) is 7.22. The Balaban J connectivity index is 1.94. The molecule has 0 radical (unpaired) electrons. The highest BCUT2D eigenvalue weighted by Gasteiger charge is 2.15. The Bertz CT molecular complexity index is 243. The van der Waals surface area contributed by atoms with Gasteiger partial charge in [0, 0.05) is 4.88 Å². The summed E-state index contributed by atoms with van der Waals surface area (Å²) in [7, 11) is 0. The molecule has 0 saturated heterocycles. The van der Waals surface area contributed by atoms with Gasteiger partial charge in [0.1, 0.15) is 0 Å². The van der Waals surface area contributed by atoms with Crippen LogP contribution in [0.4, 0.5) is 0 Å². The second kappa shape index (κ2) is 3.61. The Morgan fingerprint density at radius 2 is 2.17 bits per heavy atom. The molecule has 0 unspecified atom stereocenters. The minimum Gasteiger partial charge on any atom is -0.149 e. The average molecular weight is 180 g/mol. The Kier molecular flexibility index (Phi) is 2.50. The fourth-order valence-electron chi connectivity index (χ4n) is 2.10. The van der Waals surface area contributed by atoms with Crippen molar-refractivity contribution in [2.24, 2.45) is 5.92 Å². The van der Waals surface area contributed by atoms with Crippen LogP contribution in [0.1, 0.15) is 36.1 Å². The smallest absolute Gasteiger partial charge is 0.00507 e. The lowest BCUT2D eigenvalue weighted by Crippen LogP contribution is -1.95. The van der Waals surface area contributed by atoms with E-state index in [1.165, 1.54) is 37.7 Å². The molecule has 0 spiro atoms.